The molecule has 0 aliphatic rings. The predicted molar refractivity (Wildman–Crippen MR) is 109 cm³/mol. The number of nitrogens with one attached hydrogen (secondary N) is 1. The molecular weight excluding hydrogens is 431 g/mol. The second kappa shape index (κ2) is 7.73. The highest BCUT2D eigenvalue weighted by Gasteiger charge is 2.09. The van der Waals surface area contributed by atoms with E-state index in [0.29, 0.717) is 21.9 Å². The quantitative estimate of drug-likeness (QED) is 0.335. The van der Waals surface area contributed by atoms with Crippen molar-refractivity contribution >= 4 is 45.8 Å². The van der Waals surface area contributed by atoms with E-state index in [-0.39, 0.29) is 5.75 Å². The molecular formula is C18H19IN4O2. The van der Waals surface area contributed by atoms with Crippen LogP contribution < -0.4 is 10.2 Å². The summed E-state index contributed by atoms with van der Waals surface area (Å²) >= 11 is 2.07. The smallest absolute Gasteiger partial charge is 0.224 e. The number of hydrazone groups is 1. The fraction of sp³-hybridized carbons (Fsp3) is 0.222. The number of halogens is 1. The lowest BCUT2D eigenvalue weighted by Gasteiger charge is -2.08. The second-order valence-corrected chi connectivity index (χ2v) is 6.48. The minimum Gasteiger partial charge on any atom is -0.504 e. The van der Waals surface area contributed by atoms with Crippen molar-refractivity contribution in [1.29, 1.82) is 0 Å². The van der Waals surface area contributed by atoms with Gasteiger partial charge < -0.3 is 14.4 Å². The average Bonchev–Trinajstić information content (AvgIpc) is 2.96. The Labute approximate surface area is 159 Å². The molecule has 25 heavy (non-hydrogen) atoms. The molecule has 130 valence electrons. The van der Waals surface area contributed by atoms with Gasteiger partial charge in [0, 0.05) is 6.54 Å². The zero-order valence-corrected chi connectivity index (χ0v) is 16.2. The number of phenols is 1. The lowest BCUT2D eigenvalue weighted by molar-refractivity contribution is 0.317. The van der Waals surface area contributed by atoms with Crippen LogP contribution in [0.5, 0.6) is 11.5 Å². The van der Waals surface area contributed by atoms with Crippen molar-refractivity contribution in [3.8, 4) is 11.5 Å². The van der Waals surface area contributed by atoms with Gasteiger partial charge in [-0.2, -0.15) is 5.10 Å². The van der Waals surface area contributed by atoms with Crippen molar-refractivity contribution in [3.05, 3.63) is 45.5 Å². The summed E-state index contributed by atoms with van der Waals surface area (Å²) in [5.74, 6) is 1.30. The molecule has 2 N–H and O–H groups in total. The summed E-state index contributed by atoms with van der Waals surface area (Å²) in [7, 11) is 0. The molecule has 0 bridgehead atoms. The lowest BCUT2D eigenvalue weighted by Crippen LogP contribution is -2.02. The number of anilines is 1. The first-order valence-electron chi connectivity index (χ1n) is 8.03. The van der Waals surface area contributed by atoms with Crippen molar-refractivity contribution in [2.45, 2.75) is 20.4 Å². The fourth-order valence-corrected chi connectivity index (χ4v) is 3.20. The number of ether oxygens (including phenoxy) is 1. The van der Waals surface area contributed by atoms with Gasteiger partial charge in [0.25, 0.3) is 0 Å². The SMILES string of the molecule is CCOc1cc(/C=N\Nc2nc3ccccc3n2CC)cc(I)c1O. The normalized spacial score (nSPS) is 11.3. The number of rotatable bonds is 6. The van der Waals surface area contributed by atoms with E-state index in [1.165, 1.54) is 0 Å². The second-order valence-electron chi connectivity index (χ2n) is 5.32. The fourth-order valence-electron chi connectivity index (χ4n) is 2.58. The zero-order chi connectivity index (χ0) is 17.8. The van der Waals surface area contributed by atoms with Crippen molar-refractivity contribution in [1.82, 2.24) is 9.55 Å². The third kappa shape index (κ3) is 3.71. The molecule has 3 aromatic rings. The zero-order valence-electron chi connectivity index (χ0n) is 14.0. The molecule has 0 aliphatic heterocycles. The number of hydrogen-bond acceptors (Lipinski definition) is 5. The molecule has 0 spiro atoms. The molecule has 0 atom stereocenters. The van der Waals surface area contributed by atoms with Crippen molar-refractivity contribution in [3.63, 3.8) is 0 Å². The molecule has 0 radical (unpaired) electrons. The molecule has 1 aromatic heterocycles. The van der Waals surface area contributed by atoms with Crippen LogP contribution in [-0.4, -0.2) is 27.5 Å². The van der Waals surface area contributed by atoms with Gasteiger partial charge in [-0.1, -0.05) is 12.1 Å². The number of para-hydroxylation sites is 2. The van der Waals surface area contributed by atoms with E-state index in [2.05, 4.69) is 49.6 Å². The van der Waals surface area contributed by atoms with E-state index in [9.17, 15) is 5.11 Å². The third-order valence-electron chi connectivity index (χ3n) is 3.70. The monoisotopic (exact) mass is 450 g/mol. The van der Waals surface area contributed by atoms with Crippen LogP contribution in [0.1, 0.15) is 19.4 Å². The highest BCUT2D eigenvalue weighted by Crippen LogP contribution is 2.32. The molecule has 6 nitrogen and oxygen atoms in total. The van der Waals surface area contributed by atoms with Gasteiger partial charge in [-0.3, -0.25) is 0 Å². The van der Waals surface area contributed by atoms with Crippen molar-refractivity contribution in [2.75, 3.05) is 12.0 Å². The van der Waals surface area contributed by atoms with Gasteiger partial charge in [-0.05, 0) is 66.3 Å². The lowest BCUT2D eigenvalue weighted by atomic mass is 10.2. The maximum absolute atomic E-state index is 10.00. The summed E-state index contributed by atoms with van der Waals surface area (Å²) in [6, 6.07) is 11.6. The number of imidazole rings is 1. The van der Waals surface area contributed by atoms with E-state index in [0.717, 1.165) is 23.1 Å². The number of nitrogens with zero attached hydrogens (tertiary/aromatic N) is 3. The van der Waals surface area contributed by atoms with Gasteiger partial charge in [0.15, 0.2) is 11.5 Å². The molecule has 0 saturated carbocycles. The highest BCUT2D eigenvalue weighted by atomic mass is 127. The van der Waals surface area contributed by atoms with E-state index < -0.39 is 0 Å². The number of aromatic hydroxyl groups is 1. The summed E-state index contributed by atoms with van der Waals surface area (Å²) in [5, 5.41) is 14.3. The van der Waals surface area contributed by atoms with Crippen LogP contribution in [0.25, 0.3) is 11.0 Å². The standard InChI is InChI=1S/C18H19IN4O2/c1-3-23-15-8-6-5-7-14(15)21-18(23)22-20-11-12-9-13(19)17(24)16(10-12)25-4-2/h5-11,24H,3-4H2,1-2H3,(H,21,22)/b20-11-. The van der Waals surface area contributed by atoms with Gasteiger partial charge in [0.1, 0.15) is 0 Å². The average molecular weight is 450 g/mol. The van der Waals surface area contributed by atoms with Crippen LogP contribution in [0.2, 0.25) is 0 Å². The van der Waals surface area contributed by atoms with E-state index >= 15 is 0 Å². The number of fused-ring (bicyclic) bond motifs is 1. The van der Waals surface area contributed by atoms with Gasteiger partial charge in [-0.25, -0.2) is 10.4 Å². The van der Waals surface area contributed by atoms with Gasteiger partial charge >= 0.3 is 0 Å². The summed E-state index contributed by atoms with van der Waals surface area (Å²) in [4.78, 5) is 4.57. The minimum atomic E-state index is 0.153. The number of aromatic nitrogens is 2. The molecule has 3 rings (SSSR count). The van der Waals surface area contributed by atoms with Crippen LogP contribution in [0.4, 0.5) is 5.95 Å². The first-order chi connectivity index (χ1) is 12.1. The van der Waals surface area contributed by atoms with Crippen LogP contribution in [0, 0.1) is 3.57 Å². The largest absolute Gasteiger partial charge is 0.504 e. The van der Waals surface area contributed by atoms with Crippen LogP contribution in [0.15, 0.2) is 41.5 Å². The molecule has 2 aromatic carbocycles. The summed E-state index contributed by atoms with van der Waals surface area (Å²) < 4.78 is 8.23. The Morgan fingerprint density at radius 3 is 2.88 bits per heavy atom. The first kappa shape index (κ1) is 17.5. The Morgan fingerprint density at radius 2 is 2.12 bits per heavy atom. The van der Waals surface area contributed by atoms with E-state index in [1.807, 2.05) is 37.3 Å². The predicted octanol–water partition coefficient (Wildman–Crippen LogP) is 4.21. The van der Waals surface area contributed by atoms with Crippen molar-refractivity contribution < 1.29 is 9.84 Å². The minimum absolute atomic E-state index is 0.153. The van der Waals surface area contributed by atoms with Crippen LogP contribution in [-0.2, 0) is 6.54 Å². The van der Waals surface area contributed by atoms with Crippen LogP contribution in [0.3, 0.4) is 0 Å². The molecule has 7 heteroatoms. The van der Waals surface area contributed by atoms with Gasteiger partial charge in [0.2, 0.25) is 5.95 Å². The van der Waals surface area contributed by atoms with Gasteiger partial charge in [0.05, 0.1) is 27.4 Å². The first-order valence-corrected chi connectivity index (χ1v) is 9.11. The molecule has 1 heterocycles. The number of hydrogen-bond donors (Lipinski definition) is 2. The Hall–Kier alpha value is -2.29. The Bertz CT molecular complexity index is 921. The third-order valence-corrected chi connectivity index (χ3v) is 4.52. The molecule has 0 fully saturated rings. The van der Waals surface area contributed by atoms with E-state index in [4.69, 9.17) is 4.74 Å². The van der Waals surface area contributed by atoms with Crippen LogP contribution >= 0.6 is 22.6 Å². The maximum Gasteiger partial charge on any atom is 0.224 e. The van der Waals surface area contributed by atoms with E-state index in [1.54, 1.807) is 12.3 Å². The number of benzene rings is 2. The Morgan fingerprint density at radius 1 is 1.32 bits per heavy atom. The number of aryl methyl sites for hydroxylation is 1. The Kier molecular flexibility index (Phi) is 5.42. The maximum atomic E-state index is 10.00. The number of phenolic OH excluding ortho intramolecular Hbond substituents is 1. The van der Waals surface area contributed by atoms with Crippen molar-refractivity contribution in [2.24, 2.45) is 5.10 Å². The topological polar surface area (TPSA) is 71.7 Å². The molecule has 0 aliphatic carbocycles. The summed E-state index contributed by atoms with van der Waals surface area (Å²) in [6.07, 6.45) is 1.68. The summed E-state index contributed by atoms with van der Waals surface area (Å²) in [5.41, 5.74) is 5.83. The molecule has 0 unspecified atom stereocenters. The Balaban J connectivity index is 1.84. The molecule has 0 amide bonds. The van der Waals surface area contributed by atoms with Gasteiger partial charge in [-0.15, -0.1) is 0 Å². The summed E-state index contributed by atoms with van der Waals surface area (Å²) in [6.45, 7) is 5.23. The highest BCUT2D eigenvalue weighted by molar-refractivity contribution is 14.1. The molecule has 0 saturated heterocycles.